The molecule has 0 aromatic heterocycles. The van der Waals surface area contributed by atoms with E-state index >= 15 is 0 Å². The smallest absolute Gasteiger partial charge is 0.246 e. The largest absolute Gasteiger partial charge is 0.393 e. The molecule has 0 amide bonds. The standard InChI is InChI=1S/C24H50O4Si2/c1-17(2)29(18(3)4,19(5)6)15-14-24(13,26)23(16-25)27-28-30(20(7)8,21(9)10)22(11)12/h17-23,25-26H,16H2,1-13H3/t23-,24-/m1/s1. The third-order valence-corrected chi connectivity index (χ3v) is 19.3. The Balaban J connectivity index is 5.97. The van der Waals surface area contributed by atoms with E-state index in [-0.39, 0.29) is 6.61 Å². The highest BCUT2D eigenvalue weighted by atomic mass is 28.4. The second-order valence-corrected chi connectivity index (χ2v) is 21.9. The predicted octanol–water partition coefficient (Wildman–Crippen LogP) is 6.44. The monoisotopic (exact) mass is 458 g/mol. The number of hydrogen-bond acceptors (Lipinski definition) is 4. The van der Waals surface area contributed by atoms with E-state index in [0.29, 0.717) is 33.2 Å². The van der Waals surface area contributed by atoms with Gasteiger partial charge in [0.05, 0.1) is 6.61 Å². The maximum atomic E-state index is 11.2. The summed E-state index contributed by atoms with van der Waals surface area (Å²) in [4.78, 5) is 5.83. The Morgan fingerprint density at radius 3 is 1.37 bits per heavy atom. The molecule has 0 aliphatic rings. The highest BCUT2D eigenvalue weighted by molar-refractivity contribution is 6.90. The van der Waals surface area contributed by atoms with E-state index in [1.54, 1.807) is 6.92 Å². The third-order valence-electron chi connectivity index (χ3n) is 7.21. The first-order valence-electron chi connectivity index (χ1n) is 11.8. The van der Waals surface area contributed by atoms with Gasteiger partial charge in [0.25, 0.3) is 0 Å². The van der Waals surface area contributed by atoms with Crippen molar-refractivity contribution in [1.29, 1.82) is 0 Å². The van der Waals surface area contributed by atoms with Crippen LogP contribution in [0.15, 0.2) is 0 Å². The molecule has 0 saturated heterocycles. The predicted molar refractivity (Wildman–Crippen MR) is 134 cm³/mol. The molecule has 0 unspecified atom stereocenters. The number of aliphatic hydroxyl groups excluding tert-OH is 1. The lowest BCUT2D eigenvalue weighted by Gasteiger charge is -2.42. The molecular formula is C24H50O4Si2. The number of aliphatic hydroxyl groups is 2. The molecule has 0 spiro atoms. The molecule has 0 aliphatic carbocycles. The van der Waals surface area contributed by atoms with E-state index in [1.807, 2.05) is 0 Å². The first-order chi connectivity index (χ1) is 13.5. The fraction of sp³-hybridized carbons (Fsp3) is 0.917. The molecular weight excluding hydrogens is 408 g/mol. The zero-order chi connectivity index (χ0) is 24.1. The van der Waals surface area contributed by atoms with Crippen molar-refractivity contribution in [2.75, 3.05) is 6.61 Å². The first kappa shape index (κ1) is 29.8. The van der Waals surface area contributed by atoms with Crippen LogP contribution >= 0.6 is 0 Å². The molecule has 0 aliphatic heterocycles. The van der Waals surface area contributed by atoms with Crippen LogP contribution in [0.4, 0.5) is 0 Å². The van der Waals surface area contributed by atoms with Gasteiger partial charge in [-0.2, -0.15) is 0 Å². The summed E-state index contributed by atoms with van der Waals surface area (Å²) in [6, 6.07) is 0. The third kappa shape index (κ3) is 6.20. The van der Waals surface area contributed by atoms with Crippen molar-refractivity contribution in [3.8, 4) is 11.5 Å². The van der Waals surface area contributed by atoms with Crippen LogP contribution in [0.5, 0.6) is 0 Å². The second-order valence-electron chi connectivity index (χ2n) is 11.0. The molecule has 0 aromatic carbocycles. The van der Waals surface area contributed by atoms with E-state index < -0.39 is 28.1 Å². The Labute approximate surface area is 189 Å². The summed E-state index contributed by atoms with van der Waals surface area (Å²) in [7, 11) is -4.28. The van der Waals surface area contributed by atoms with E-state index in [9.17, 15) is 10.2 Å². The summed E-state index contributed by atoms with van der Waals surface area (Å²) in [6.07, 6.45) is -0.911. The Kier molecular flexibility index (Phi) is 11.6. The summed E-state index contributed by atoms with van der Waals surface area (Å²) in [5.41, 5.74) is 4.49. The van der Waals surface area contributed by atoms with Gasteiger partial charge in [-0.15, -0.1) is 5.54 Å². The van der Waals surface area contributed by atoms with Crippen LogP contribution in [0.3, 0.4) is 0 Å². The van der Waals surface area contributed by atoms with Gasteiger partial charge in [-0.25, -0.2) is 4.89 Å². The highest BCUT2D eigenvalue weighted by Gasteiger charge is 2.48. The number of hydrogen-bond donors (Lipinski definition) is 2. The van der Waals surface area contributed by atoms with Crippen LogP contribution in [-0.2, 0) is 9.46 Å². The molecule has 178 valence electrons. The van der Waals surface area contributed by atoms with Crippen molar-refractivity contribution in [1.82, 2.24) is 0 Å². The fourth-order valence-electron chi connectivity index (χ4n) is 5.48. The van der Waals surface area contributed by atoms with Crippen molar-refractivity contribution in [2.45, 2.75) is 135 Å². The maximum Gasteiger partial charge on any atom is 0.246 e. The molecule has 30 heavy (non-hydrogen) atoms. The van der Waals surface area contributed by atoms with Crippen LogP contribution in [0.1, 0.15) is 90.0 Å². The maximum absolute atomic E-state index is 11.2. The van der Waals surface area contributed by atoms with Gasteiger partial charge in [0.1, 0.15) is 8.07 Å². The molecule has 0 rings (SSSR count). The first-order valence-corrected chi connectivity index (χ1v) is 16.1. The van der Waals surface area contributed by atoms with Gasteiger partial charge in [-0.3, -0.25) is 4.58 Å². The topological polar surface area (TPSA) is 58.9 Å². The average molecular weight is 459 g/mol. The van der Waals surface area contributed by atoms with E-state index in [0.717, 1.165) is 0 Å². The van der Waals surface area contributed by atoms with Crippen molar-refractivity contribution in [3.05, 3.63) is 0 Å². The van der Waals surface area contributed by atoms with Crippen LogP contribution in [-0.4, -0.2) is 44.9 Å². The van der Waals surface area contributed by atoms with Crippen LogP contribution in [0, 0.1) is 11.5 Å². The summed E-state index contributed by atoms with van der Waals surface area (Å²) >= 11 is 0. The van der Waals surface area contributed by atoms with Gasteiger partial charge < -0.3 is 10.2 Å². The summed E-state index contributed by atoms with van der Waals surface area (Å²) in [5.74, 6) is 3.14. The molecule has 4 nitrogen and oxygen atoms in total. The van der Waals surface area contributed by atoms with Crippen LogP contribution in [0.25, 0.3) is 0 Å². The molecule has 2 N–H and O–H groups in total. The van der Waals surface area contributed by atoms with Crippen molar-refractivity contribution >= 4 is 16.4 Å². The van der Waals surface area contributed by atoms with Crippen molar-refractivity contribution < 1.29 is 19.7 Å². The SMILES string of the molecule is CC(C)[Si](C#C[C@@](C)(O)[C@@H](CO)OO[Si](C(C)C)(C(C)C)C(C)C)(C(C)C)C(C)C. The molecule has 0 bridgehead atoms. The van der Waals surface area contributed by atoms with Gasteiger partial charge in [0, 0.05) is 0 Å². The summed E-state index contributed by atoms with van der Waals surface area (Å²) < 4.78 is 6.19. The van der Waals surface area contributed by atoms with Gasteiger partial charge >= 0.3 is 0 Å². The normalized spacial score (nSPS) is 16.6. The number of rotatable bonds is 11. The quantitative estimate of drug-likeness (QED) is 0.162. The Morgan fingerprint density at radius 1 is 0.733 bits per heavy atom. The lowest BCUT2D eigenvalue weighted by Crippen LogP contribution is -2.52. The van der Waals surface area contributed by atoms with E-state index in [1.165, 1.54) is 0 Å². The summed E-state index contributed by atoms with van der Waals surface area (Å²) in [5, 5.41) is 21.2. The Bertz CT molecular complexity index is 528. The molecule has 0 fully saturated rings. The van der Waals surface area contributed by atoms with Crippen LogP contribution in [0.2, 0.25) is 33.2 Å². The van der Waals surface area contributed by atoms with Crippen molar-refractivity contribution in [3.63, 3.8) is 0 Å². The average Bonchev–Trinajstić information content (AvgIpc) is 2.56. The van der Waals surface area contributed by atoms with Gasteiger partial charge in [-0.1, -0.05) is 89.0 Å². The minimum atomic E-state index is -2.28. The molecule has 0 heterocycles. The summed E-state index contributed by atoms with van der Waals surface area (Å²) in [6.45, 7) is 27.8. The lowest BCUT2D eigenvalue weighted by atomic mass is 10.0. The Hall–Kier alpha value is -0.166. The minimum Gasteiger partial charge on any atom is -0.393 e. The van der Waals surface area contributed by atoms with Gasteiger partial charge in [-0.05, 0) is 40.2 Å². The molecule has 0 radical (unpaired) electrons. The van der Waals surface area contributed by atoms with Gasteiger partial charge in [0.15, 0.2) is 11.7 Å². The lowest BCUT2D eigenvalue weighted by molar-refractivity contribution is -0.294. The van der Waals surface area contributed by atoms with Crippen molar-refractivity contribution in [2.24, 2.45) is 0 Å². The zero-order valence-electron chi connectivity index (χ0n) is 22.0. The zero-order valence-corrected chi connectivity index (χ0v) is 24.0. The second kappa shape index (κ2) is 11.6. The molecule has 2 atom stereocenters. The van der Waals surface area contributed by atoms with Crippen LogP contribution < -0.4 is 0 Å². The highest BCUT2D eigenvalue weighted by Crippen LogP contribution is 2.43. The fourth-order valence-corrected chi connectivity index (χ4v) is 15.7. The van der Waals surface area contributed by atoms with Gasteiger partial charge in [0.2, 0.25) is 8.32 Å². The molecule has 0 saturated carbocycles. The molecule has 6 heteroatoms. The molecule has 0 aromatic rings. The Morgan fingerprint density at radius 2 is 1.10 bits per heavy atom. The van der Waals surface area contributed by atoms with E-state index in [4.69, 9.17) is 9.46 Å². The minimum absolute atomic E-state index is 0.343. The van der Waals surface area contributed by atoms with E-state index in [2.05, 4.69) is 94.5 Å².